The Morgan fingerprint density at radius 3 is 2.54 bits per heavy atom. The number of carbonyl (C=O) groups is 1. The summed E-state index contributed by atoms with van der Waals surface area (Å²) in [6.07, 6.45) is 10.1. The first-order valence-corrected chi connectivity index (χ1v) is 9.80. The molecule has 28 heavy (non-hydrogen) atoms. The number of nitrogens with zero attached hydrogens (tertiary/aromatic N) is 6. The molecule has 2 atom stereocenters. The number of amides is 1. The van der Waals surface area contributed by atoms with Gasteiger partial charge >= 0.3 is 0 Å². The lowest BCUT2D eigenvalue weighted by Crippen LogP contribution is -2.54. The normalized spacial score (nSPS) is 22.1. The van der Waals surface area contributed by atoms with E-state index < -0.39 is 0 Å². The molecule has 0 aromatic carbocycles. The number of piperazine rings is 1. The minimum Gasteiger partial charge on any atom is -0.339 e. The van der Waals surface area contributed by atoms with Crippen LogP contribution < -0.4 is 0 Å². The molecule has 1 amide bonds. The van der Waals surface area contributed by atoms with Crippen LogP contribution in [0.5, 0.6) is 0 Å². The van der Waals surface area contributed by atoms with E-state index in [2.05, 4.69) is 33.1 Å². The number of pyridine rings is 2. The molecule has 7 nitrogen and oxygen atoms in total. The molecule has 5 heterocycles. The molecule has 2 bridgehead atoms. The molecule has 2 saturated heterocycles. The lowest BCUT2D eigenvalue weighted by Gasteiger charge is -2.38. The fourth-order valence-electron chi connectivity index (χ4n) is 4.49. The molecule has 0 saturated carbocycles. The summed E-state index contributed by atoms with van der Waals surface area (Å²) in [5.41, 5.74) is 3.68. The average Bonchev–Trinajstić information content (AvgIpc) is 3.19. The minimum atomic E-state index is 0.174. The molecule has 0 aliphatic carbocycles. The van der Waals surface area contributed by atoms with E-state index in [-0.39, 0.29) is 5.91 Å². The lowest BCUT2D eigenvalue weighted by atomic mass is 10.1. The average molecular weight is 376 g/mol. The van der Waals surface area contributed by atoms with Gasteiger partial charge < -0.3 is 4.90 Å². The Balaban J connectivity index is 1.36. The smallest absolute Gasteiger partial charge is 0.228 e. The van der Waals surface area contributed by atoms with Crippen LogP contribution in [0, 0.1) is 0 Å². The Hall–Kier alpha value is -2.80. The molecule has 3 aromatic heterocycles. The van der Waals surface area contributed by atoms with E-state index in [0.717, 1.165) is 40.8 Å². The van der Waals surface area contributed by atoms with Crippen molar-refractivity contribution in [1.82, 2.24) is 29.5 Å². The topological polar surface area (TPSA) is 67.2 Å². The van der Waals surface area contributed by atoms with Crippen molar-refractivity contribution < 1.29 is 4.79 Å². The number of aromatic nitrogens is 4. The third-order valence-corrected chi connectivity index (χ3v) is 6.19. The third kappa shape index (κ3) is 3.05. The third-order valence-electron chi connectivity index (χ3n) is 6.19. The molecule has 5 rings (SSSR count). The Morgan fingerprint density at radius 2 is 1.82 bits per heavy atom. The van der Waals surface area contributed by atoms with Gasteiger partial charge in [0.2, 0.25) is 5.91 Å². The molecular formula is C21H24N6O. The fourth-order valence-corrected chi connectivity index (χ4v) is 4.49. The quantitative estimate of drug-likeness (QED) is 0.698. The first-order valence-electron chi connectivity index (χ1n) is 9.80. The molecule has 7 heteroatoms. The van der Waals surface area contributed by atoms with Crippen molar-refractivity contribution >= 4 is 16.8 Å². The maximum atomic E-state index is 12.9. The Morgan fingerprint density at radius 1 is 1.04 bits per heavy atom. The van der Waals surface area contributed by atoms with Crippen LogP contribution in [-0.4, -0.2) is 67.7 Å². The largest absolute Gasteiger partial charge is 0.339 e. The van der Waals surface area contributed by atoms with Crippen molar-refractivity contribution in [1.29, 1.82) is 0 Å². The van der Waals surface area contributed by atoms with Crippen molar-refractivity contribution in [2.75, 3.05) is 20.1 Å². The first kappa shape index (κ1) is 17.3. The van der Waals surface area contributed by atoms with E-state index in [1.807, 2.05) is 36.6 Å². The predicted molar refractivity (Wildman–Crippen MR) is 107 cm³/mol. The number of likely N-dealkylation sites (tertiary alicyclic amines) is 1. The van der Waals surface area contributed by atoms with Gasteiger partial charge in [-0.15, -0.1) is 0 Å². The van der Waals surface area contributed by atoms with E-state index in [1.165, 1.54) is 12.8 Å². The summed E-state index contributed by atoms with van der Waals surface area (Å²) in [5, 5.41) is 5.23. The number of hydrogen-bond donors (Lipinski definition) is 0. The first-order chi connectivity index (χ1) is 13.6. The molecule has 2 aliphatic rings. The van der Waals surface area contributed by atoms with Crippen LogP contribution in [0.2, 0.25) is 0 Å². The summed E-state index contributed by atoms with van der Waals surface area (Å²) in [6, 6.07) is 5.10. The van der Waals surface area contributed by atoms with Gasteiger partial charge in [-0.05, 0) is 32.0 Å². The number of aryl methyl sites for hydroxylation is 1. The highest BCUT2D eigenvalue weighted by Crippen LogP contribution is 2.29. The van der Waals surface area contributed by atoms with Crippen LogP contribution in [0.4, 0.5) is 0 Å². The van der Waals surface area contributed by atoms with Crippen molar-refractivity contribution in [2.24, 2.45) is 7.05 Å². The maximum Gasteiger partial charge on any atom is 0.228 e. The highest BCUT2D eigenvalue weighted by atomic mass is 16.2. The number of rotatable bonds is 3. The van der Waals surface area contributed by atoms with Crippen LogP contribution in [-0.2, 0) is 18.3 Å². The second kappa shape index (κ2) is 6.67. The zero-order valence-electron chi connectivity index (χ0n) is 16.2. The van der Waals surface area contributed by atoms with Gasteiger partial charge in [0.15, 0.2) is 0 Å². The Kier molecular flexibility index (Phi) is 4.12. The van der Waals surface area contributed by atoms with Gasteiger partial charge in [0.25, 0.3) is 0 Å². The van der Waals surface area contributed by atoms with Gasteiger partial charge in [-0.3, -0.25) is 24.3 Å². The van der Waals surface area contributed by atoms with E-state index in [9.17, 15) is 4.79 Å². The highest BCUT2D eigenvalue weighted by Gasteiger charge is 2.38. The molecular weight excluding hydrogens is 352 g/mol. The molecule has 0 N–H and O–H groups in total. The molecule has 2 aliphatic heterocycles. The predicted octanol–water partition coefficient (Wildman–Crippen LogP) is 1.88. The number of hydrogen-bond acceptors (Lipinski definition) is 5. The summed E-state index contributed by atoms with van der Waals surface area (Å²) in [4.78, 5) is 26.3. The van der Waals surface area contributed by atoms with E-state index in [4.69, 9.17) is 0 Å². The summed E-state index contributed by atoms with van der Waals surface area (Å²) < 4.78 is 1.78. The zero-order valence-corrected chi connectivity index (χ0v) is 16.2. The number of fused-ring (bicyclic) bond motifs is 3. The number of likely N-dealkylation sites (N-methyl/N-ethyl adjacent to an activating group) is 1. The van der Waals surface area contributed by atoms with Gasteiger partial charge in [0.1, 0.15) is 0 Å². The minimum absolute atomic E-state index is 0.174. The van der Waals surface area contributed by atoms with Crippen LogP contribution in [0.15, 0.2) is 36.9 Å². The van der Waals surface area contributed by atoms with Crippen molar-refractivity contribution in [2.45, 2.75) is 31.3 Å². The molecule has 2 unspecified atom stereocenters. The second-order valence-corrected chi connectivity index (χ2v) is 8.02. The molecule has 0 spiro atoms. The van der Waals surface area contributed by atoms with Gasteiger partial charge in [0.05, 0.1) is 30.0 Å². The van der Waals surface area contributed by atoms with Crippen molar-refractivity contribution in [3.8, 4) is 11.1 Å². The van der Waals surface area contributed by atoms with Gasteiger partial charge in [-0.1, -0.05) is 0 Å². The highest BCUT2D eigenvalue weighted by molar-refractivity contribution is 5.85. The molecule has 0 radical (unpaired) electrons. The summed E-state index contributed by atoms with van der Waals surface area (Å²) in [7, 11) is 4.08. The summed E-state index contributed by atoms with van der Waals surface area (Å²) in [6.45, 7) is 1.68. The Labute approximate surface area is 164 Å². The van der Waals surface area contributed by atoms with Crippen LogP contribution in [0.3, 0.4) is 0 Å². The van der Waals surface area contributed by atoms with E-state index in [1.54, 1.807) is 10.9 Å². The maximum absolute atomic E-state index is 12.9. The van der Waals surface area contributed by atoms with Crippen LogP contribution >= 0.6 is 0 Å². The molecule has 3 aromatic rings. The fraction of sp³-hybridized carbons (Fsp3) is 0.429. The second-order valence-electron chi connectivity index (χ2n) is 8.02. The lowest BCUT2D eigenvalue weighted by molar-refractivity contribution is -0.133. The van der Waals surface area contributed by atoms with E-state index in [0.29, 0.717) is 18.5 Å². The van der Waals surface area contributed by atoms with Crippen molar-refractivity contribution in [3.63, 3.8) is 0 Å². The number of carbonyl (C=O) groups excluding carboxylic acids is 1. The van der Waals surface area contributed by atoms with Gasteiger partial charge in [0, 0.05) is 61.1 Å². The summed E-state index contributed by atoms with van der Waals surface area (Å²) >= 11 is 0. The summed E-state index contributed by atoms with van der Waals surface area (Å²) in [5.74, 6) is 0.174. The zero-order chi connectivity index (χ0) is 19.3. The van der Waals surface area contributed by atoms with Gasteiger partial charge in [-0.2, -0.15) is 5.10 Å². The van der Waals surface area contributed by atoms with Crippen LogP contribution in [0.1, 0.15) is 18.5 Å². The SMILES string of the molecule is CN1C2CCC1CN(C(=O)Cc1cc3cc(-c4cnn(C)c4)cnc3cn1)C2. The van der Waals surface area contributed by atoms with Crippen LogP contribution in [0.25, 0.3) is 22.0 Å². The standard InChI is InChI=1S/C21H24N6O/c1-25-11-16(9-24-25)15-5-14-6-17(22-10-20(14)23-8-15)7-21(28)27-12-18-3-4-19(13-27)26(18)2/h5-6,8-11,18-19H,3-4,7,12-13H2,1-2H3. The molecule has 2 fully saturated rings. The van der Waals surface area contributed by atoms with Gasteiger partial charge in [-0.25, -0.2) is 0 Å². The van der Waals surface area contributed by atoms with E-state index >= 15 is 0 Å². The van der Waals surface area contributed by atoms with Crippen molar-refractivity contribution in [3.05, 3.63) is 42.6 Å². The monoisotopic (exact) mass is 376 g/mol. The molecule has 144 valence electrons. The Bertz CT molecular complexity index is 1030.